The van der Waals surface area contributed by atoms with Crippen LogP contribution in [0.25, 0.3) is 0 Å². The van der Waals surface area contributed by atoms with Gasteiger partial charge in [-0.1, -0.05) is 0 Å². The van der Waals surface area contributed by atoms with E-state index >= 15 is 0 Å². The molecule has 0 saturated carbocycles. The van der Waals surface area contributed by atoms with Gasteiger partial charge in [0.1, 0.15) is 0 Å². The number of nitrogens with one attached hydrogen (secondary N) is 1. The van der Waals surface area contributed by atoms with Crippen LogP contribution in [0, 0.1) is 0 Å². The standard InChI is InChI=1S/C13H24N6O/c1-4-14-11-15-12(18(2)9-10-20-3)17-13(16-11)19-7-5-6-8-19/h4-10H2,1-3H3,(H,14,15,16,17). The largest absolute Gasteiger partial charge is 0.383 e. The fourth-order valence-corrected chi connectivity index (χ4v) is 2.15. The molecule has 112 valence electrons. The minimum atomic E-state index is 0.642. The Kier molecular flexibility index (Phi) is 5.34. The van der Waals surface area contributed by atoms with Crippen molar-refractivity contribution in [2.24, 2.45) is 0 Å². The van der Waals surface area contributed by atoms with Crippen LogP contribution in [0.15, 0.2) is 0 Å². The highest BCUT2D eigenvalue weighted by Crippen LogP contribution is 2.19. The van der Waals surface area contributed by atoms with Gasteiger partial charge in [0.25, 0.3) is 0 Å². The first-order chi connectivity index (χ1) is 9.74. The summed E-state index contributed by atoms with van der Waals surface area (Å²) in [4.78, 5) is 17.8. The van der Waals surface area contributed by atoms with Crippen LogP contribution in [0.1, 0.15) is 19.8 Å². The van der Waals surface area contributed by atoms with Crippen LogP contribution >= 0.6 is 0 Å². The Labute approximate surface area is 120 Å². The SMILES string of the molecule is CCNc1nc(N(C)CCOC)nc(N2CCCC2)n1. The molecule has 0 bridgehead atoms. The Morgan fingerprint density at radius 1 is 1.25 bits per heavy atom. The van der Waals surface area contributed by atoms with Crippen molar-refractivity contribution in [2.45, 2.75) is 19.8 Å². The second kappa shape index (κ2) is 7.23. The Morgan fingerprint density at radius 3 is 2.65 bits per heavy atom. The summed E-state index contributed by atoms with van der Waals surface area (Å²) in [5.74, 6) is 2.10. The number of hydrogen-bond donors (Lipinski definition) is 1. The Bertz CT molecular complexity index is 421. The monoisotopic (exact) mass is 280 g/mol. The predicted octanol–water partition coefficient (Wildman–Crippen LogP) is 0.986. The van der Waals surface area contributed by atoms with Crippen LogP contribution in [0.5, 0.6) is 0 Å². The number of rotatable bonds is 7. The first kappa shape index (κ1) is 14.8. The first-order valence-electron chi connectivity index (χ1n) is 7.19. The van der Waals surface area contributed by atoms with Gasteiger partial charge < -0.3 is 19.9 Å². The van der Waals surface area contributed by atoms with E-state index in [9.17, 15) is 0 Å². The molecule has 0 amide bonds. The zero-order chi connectivity index (χ0) is 14.4. The fourth-order valence-electron chi connectivity index (χ4n) is 2.15. The third-order valence-electron chi connectivity index (χ3n) is 3.31. The lowest BCUT2D eigenvalue weighted by atomic mass is 10.4. The molecule has 1 N–H and O–H groups in total. The molecule has 0 aromatic carbocycles. The molecule has 1 aliphatic heterocycles. The van der Waals surface area contributed by atoms with E-state index in [4.69, 9.17) is 4.74 Å². The number of anilines is 3. The molecule has 2 rings (SSSR count). The average Bonchev–Trinajstić information content (AvgIpc) is 2.99. The summed E-state index contributed by atoms with van der Waals surface area (Å²) >= 11 is 0. The van der Waals surface area contributed by atoms with E-state index in [1.807, 2.05) is 18.9 Å². The van der Waals surface area contributed by atoms with Crippen molar-refractivity contribution >= 4 is 17.8 Å². The van der Waals surface area contributed by atoms with E-state index in [1.54, 1.807) is 7.11 Å². The maximum absolute atomic E-state index is 5.10. The number of hydrogen-bond acceptors (Lipinski definition) is 7. The lowest BCUT2D eigenvalue weighted by Crippen LogP contribution is -2.27. The summed E-state index contributed by atoms with van der Waals surface area (Å²) in [7, 11) is 3.67. The Hall–Kier alpha value is -1.63. The van der Waals surface area contributed by atoms with E-state index < -0.39 is 0 Å². The average molecular weight is 280 g/mol. The maximum atomic E-state index is 5.10. The quantitative estimate of drug-likeness (QED) is 0.798. The van der Waals surface area contributed by atoms with Crippen molar-refractivity contribution < 1.29 is 4.74 Å². The van der Waals surface area contributed by atoms with Crippen LogP contribution in [0.3, 0.4) is 0 Å². The van der Waals surface area contributed by atoms with Gasteiger partial charge in [-0.3, -0.25) is 0 Å². The topological polar surface area (TPSA) is 66.4 Å². The lowest BCUT2D eigenvalue weighted by Gasteiger charge is -2.21. The first-order valence-corrected chi connectivity index (χ1v) is 7.19. The van der Waals surface area contributed by atoms with Crippen LogP contribution in [-0.4, -0.2) is 61.9 Å². The van der Waals surface area contributed by atoms with Crippen molar-refractivity contribution in [2.75, 3.05) is 62.1 Å². The van der Waals surface area contributed by atoms with Crippen LogP contribution < -0.4 is 15.1 Å². The molecule has 1 saturated heterocycles. The fraction of sp³-hybridized carbons (Fsp3) is 0.769. The van der Waals surface area contributed by atoms with Gasteiger partial charge in [0, 0.05) is 40.3 Å². The summed E-state index contributed by atoms with van der Waals surface area (Å²) in [5.41, 5.74) is 0. The maximum Gasteiger partial charge on any atom is 0.231 e. The van der Waals surface area contributed by atoms with E-state index in [2.05, 4.69) is 25.2 Å². The summed E-state index contributed by atoms with van der Waals surface area (Å²) in [5, 5.41) is 3.18. The number of aromatic nitrogens is 3. The van der Waals surface area contributed by atoms with Gasteiger partial charge in [-0.25, -0.2) is 0 Å². The number of ether oxygens (including phenoxy) is 1. The molecule has 0 unspecified atom stereocenters. The van der Waals surface area contributed by atoms with Gasteiger partial charge in [-0.05, 0) is 19.8 Å². The van der Waals surface area contributed by atoms with Gasteiger partial charge in [0.05, 0.1) is 6.61 Å². The molecular weight excluding hydrogens is 256 g/mol. The molecule has 0 spiro atoms. The Morgan fingerprint density at radius 2 is 2.00 bits per heavy atom. The molecule has 0 atom stereocenters. The molecular formula is C13H24N6O. The van der Waals surface area contributed by atoms with E-state index in [-0.39, 0.29) is 0 Å². The van der Waals surface area contributed by atoms with Crippen LogP contribution in [0.2, 0.25) is 0 Å². The molecule has 7 nitrogen and oxygen atoms in total. The van der Waals surface area contributed by atoms with Gasteiger partial charge in [-0.15, -0.1) is 0 Å². The number of likely N-dealkylation sites (N-methyl/N-ethyl adjacent to an activating group) is 1. The van der Waals surface area contributed by atoms with Crippen molar-refractivity contribution in [1.29, 1.82) is 0 Å². The molecule has 0 aliphatic carbocycles. The summed E-state index contributed by atoms with van der Waals surface area (Å²) in [6, 6.07) is 0. The third kappa shape index (κ3) is 3.69. The highest BCUT2D eigenvalue weighted by atomic mass is 16.5. The zero-order valence-electron chi connectivity index (χ0n) is 12.6. The molecule has 2 heterocycles. The highest BCUT2D eigenvalue weighted by Gasteiger charge is 2.18. The van der Waals surface area contributed by atoms with Gasteiger partial charge >= 0.3 is 0 Å². The molecule has 7 heteroatoms. The lowest BCUT2D eigenvalue weighted by molar-refractivity contribution is 0.206. The van der Waals surface area contributed by atoms with Crippen molar-refractivity contribution in [3.05, 3.63) is 0 Å². The molecule has 1 fully saturated rings. The van der Waals surface area contributed by atoms with Crippen LogP contribution in [0.4, 0.5) is 17.8 Å². The Balaban J connectivity index is 2.20. The molecule has 0 radical (unpaired) electrons. The number of methoxy groups -OCH3 is 1. The third-order valence-corrected chi connectivity index (χ3v) is 3.31. The highest BCUT2D eigenvalue weighted by molar-refractivity contribution is 5.45. The molecule has 20 heavy (non-hydrogen) atoms. The van der Waals surface area contributed by atoms with Gasteiger partial charge in [0.2, 0.25) is 17.8 Å². The van der Waals surface area contributed by atoms with Crippen molar-refractivity contribution in [3.63, 3.8) is 0 Å². The predicted molar refractivity (Wildman–Crippen MR) is 80.6 cm³/mol. The number of nitrogens with zero attached hydrogens (tertiary/aromatic N) is 5. The zero-order valence-corrected chi connectivity index (χ0v) is 12.6. The minimum absolute atomic E-state index is 0.642. The van der Waals surface area contributed by atoms with Crippen molar-refractivity contribution in [3.8, 4) is 0 Å². The second-order valence-corrected chi connectivity index (χ2v) is 4.90. The summed E-state index contributed by atoms with van der Waals surface area (Å²) < 4.78 is 5.10. The smallest absolute Gasteiger partial charge is 0.231 e. The van der Waals surface area contributed by atoms with E-state index in [0.29, 0.717) is 18.5 Å². The summed E-state index contributed by atoms with van der Waals surface area (Å²) in [6.07, 6.45) is 2.41. The van der Waals surface area contributed by atoms with E-state index in [1.165, 1.54) is 12.8 Å². The van der Waals surface area contributed by atoms with Gasteiger partial charge in [-0.2, -0.15) is 15.0 Å². The normalized spacial score (nSPS) is 14.7. The summed E-state index contributed by atoms with van der Waals surface area (Å²) in [6.45, 7) is 6.29. The molecule has 1 aliphatic rings. The van der Waals surface area contributed by atoms with Crippen molar-refractivity contribution in [1.82, 2.24) is 15.0 Å². The van der Waals surface area contributed by atoms with Crippen LogP contribution in [-0.2, 0) is 4.74 Å². The second-order valence-electron chi connectivity index (χ2n) is 4.90. The van der Waals surface area contributed by atoms with E-state index in [0.717, 1.165) is 32.1 Å². The minimum Gasteiger partial charge on any atom is -0.383 e. The molecule has 1 aromatic heterocycles. The van der Waals surface area contributed by atoms with Gasteiger partial charge in [0.15, 0.2) is 0 Å². The molecule has 1 aromatic rings.